The predicted molar refractivity (Wildman–Crippen MR) is 65.0 cm³/mol. The second kappa shape index (κ2) is 4.58. The van der Waals surface area contributed by atoms with Gasteiger partial charge in [-0.15, -0.1) is 0 Å². The van der Waals surface area contributed by atoms with E-state index in [2.05, 4.69) is 15.3 Å². The molecule has 0 radical (unpaired) electrons. The molecule has 0 aliphatic carbocycles. The lowest BCUT2D eigenvalue weighted by atomic mass is 10.1. The molecule has 17 heavy (non-hydrogen) atoms. The van der Waals surface area contributed by atoms with Crippen molar-refractivity contribution in [2.24, 2.45) is 0 Å². The lowest BCUT2D eigenvalue weighted by Crippen LogP contribution is -2.26. The third-order valence-corrected chi connectivity index (χ3v) is 3.11. The molecule has 0 spiro atoms. The van der Waals surface area contributed by atoms with Crippen molar-refractivity contribution in [3.63, 3.8) is 0 Å². The van der Waals surface area contributed by atoms with Gasteiger partial charge in [-0.3, -0.25) is 0 Å². The lowest BCUT2D eigenvalue weighted by Gasteiger charge is -2.25. The predicted octanol–water partition coefficient (Wildman–Crippen LogP) is 1.47. The molecule has 0 saturated carbocycles. The van der Waals surface area contributed by atoms with Gasteiger partial charge < -0.3 is 14.8 Å². The summed E-state index contributed by atoms with van der Waals surface area (Å²) in [7, 11) is 3.53. The van der Waals surface area contributed by atoms with Crippen LogP contribution in [0.4, 0.5) is 5.82 Å². The molecule has 5 heteroatoms. The van der Waals surface area contributed by atoms with Crippen LogP contribution in [0, 0.1) is 0 Å². The van der Waals surface area contributed by atoms with Gasteiger partial charge in [-0.2, -0.15) is 0 Å². The van der Waals surface area contributed by atoms with Crippen LogP contribution in [-0.4, -0.2) is 30.7 Å². The van der Waals surface area contributed by atoms with E-state index in [4.69, 9.17) is 9.47 Å². The average molecular weight is 237 g/mol. The third-order valence-electron chi connectivity index (χ3n) is 3.11. The Bertz CT molecular complexity index is 401. The molecule has 0 atom stereocenters. The number of anilines is 1. The summed E-state index contributed by atoms with van der Waals surface area (Å²) in [5, 5.41) is 3.11. The maximum Gasteiger partial charge on any atom is 0.162 e. The summed E-state index contributed by atoms with van der Waals surface area (Å²) in [5.41, 5.74) is 1.66. The third kappa shape index (κ3) is 2.25. The van der Waals surface area contributed by atoms with Gasteiger partial charge in [0.15, 0.2) is 5.82 Å². The van der Waals surface area contributed by atoms with E-state index in [1.54, 1.807) is 7.11 Å². The van der Waals surface area contributed by atoms with Gasteiger partial charge in [0.1, 0.15) is 11.4 Å². The van der Waals surface area contributed by atoms with Crippen LogP contribution in [0.25, 0.3) is 0 Å². The first-order valence-electron chi connectivity index (χ1n) is 5.79. The molecule has 5 nitrogen and oxygen atoms in total. The zero-order valence-corrected chi connectivity index (χ0v) is 10.8. The molecule has 1 aliphatic rings. The van der Waals surface area contributed by atoms with Gasteiger partial charge >= 0.3 is 0 Å². The summed E-state index contributed by atoms with van der Waals surface area (Å²) in [6.07, 6.45) is 0.833. The van der Waals surface area contributed by atoms with Gasteiger partial charge in [-0.1, -0.05) is 0 Å². The molecule has 1 aromatic heterocycles. The summed E-state index contributed by atoms with van der Waals surface area (Å²) in [4.78, 5) is 9.13. The van der Waals surface area contributed by atoms with Crippen molar-refractivity contribution < 1.29 is 9.47 Å². The minimum absolute atomic E-state index is 0.473. The van der Waals surface area contributed by atoms with E-state index >= 15 is 0 Å². The van der Waals surface area contributed by atoms with Crippen molar-refractivity contribution in [2.75, 3.05) is 26.1 Å². The normalized spacial score (nSPS) is 15.5. The Labute approximate surface area is 102 Å². The Morgan fingerprint density at radius 2 is 2.12 bits per heavy atom. The molecule has 1 N–H and O–H groups in total. The fourth-order valence-corrected chi connectivity index (χ4v) is 1.80. The first-order chi connectivity index (χ1) is 8.08. The molecular formula is C12H19N3O2. The van der Waals surface area contributed by atoms with Crippen molar-refractivity contribution in [1.82, 2.24) is 9.97 Å². The monoisotopic (exact) mass is 237 g/mol. The van der Waals surface area contributed by atoms with Crippen LogP contribution in [0.1, 0.15) is 30.9 Å². The molecular weight excluding hydrogens is 218 g/mol. The lowest BCUT2D eigenvalue weighted by molar-refractivity contribution is 0.0109. The fraction of sp³-hybridized carbons (Fsp3) is 0.667. The molecule has 0 fully saturated rings. The minimum Gasteiger partial charge on any atom is -0.376 e. The number of ether oxygens (including phenoxy) is 2. The van der Waals surface area contributed by atoms with E-state index in [1.807, 2.05) is 20.9 Å². The highest BCUT2D eigenvalue weighted by atomic mass is 16.5. The molecule has 1 aliphatic heterocycles. The van der Waals surface area contributed by atoms with E-state index in [9.17, 15) is 0 Å². The quantitative estimate of drug-likeness (QED) is 0.862. The van der Waals surface area contributed by atoms with Crippen LogP contribution in [0.3, 0.4) is 0 Å². The van der Waals surface area contributed by atoms with E-state index in [0.29, 0.717) is 12.4 Å². The largest absolute Gasteiger partial charge is 0.376 e. The Balaban J connectivity index is 2.50. The van der Waals surface area contributed by atoms with Gasteiger partial charge in [-0.05, 0) is 13.8 Å². The first kappa shape index (κ1) is 12.3. The van der Waals surface area contributed by atoms with Crippen molar-refractivity contribution >= 4 is 5.82 Å². The Morgan fingerprint density at radius 3 is 2.76 bits per heavy atom. The van der Waals surface area contributed by atoms with E-state index < -0.39 is 5.60 Å². The second-order valence-electron chi connectivity index (χ2n) is 4.59. The Kier molecular flexibility index (Phi) is 3.31. The summed E-state index contributed by atoms with van der Waals surface area (Å²) in [6.45, 7) is 5.24. The molecule has 0 unspecified atom stereocenters. The number of methoxy groups -OCH3 is 1. The van der Waals surface area contributed by atoms with E-state index in [0.717, 1.165) is 30.1 Å². The van der Waals surface area contributed by atoms with Crippen molar-refractivity contribution in [3.8, 4) is 0 Å². The molecule has 2 rings (SSSR count). The Hall–Kier alpha value is -1.20. The van der Waals surface area contributed by atoms with Gasteiger partial charge in [0.25, 0.3) is 0 Å². The van der Waals surface area contributed by atoms with Crippen LogP contribution in [0.5, 0.6) is 0 Å². The summed E-state index contributed by atoms with van der Waals surface area (Å²) in [5.74, 6) is 1.56. The minimum atomic E-state index is -0.473. The van der Waals surface area contributed by atoms with Gasteiger partial charge in [0.05, 0.1) is 18.9 Å². The van der Waals surface area contributed by atoms with Gasteiger partial charge in [0, 0.05) is 26.1 Å². The first-order valence-corrected chi connectivity index (χ1v) is 5.79. The number of aromatic nitrogens is 2. The molecule has 1 aromatic rings. The number of hydrogen-bond donors (Lipinski definition) is 1. The number of nitrogens with one attached hydrogen (secondary N) is 1. The standard InChI is InChI=1S/C12H19N3O2/c1-12(2,16-4)11-14-9-5-6-17-7-8(9)10(13-3)15-11/h5-7H2,1-4H3,(H,13,14,15). The highest BCUT2D eigenvalue weighted by molar-refractivity contribution is 5.47. The molecule has 2 heterocycles. The topological polar surface area (TPSA) is 56.3 Å². The second-order valence-corrected chi connectivity index (χ2v) is 4.59. The van der Waals surface area contributed by atoms with Crippen LogP contribution in [0.15, 0.2) is 0 Å². The summed E-state index contributed by atoms with van der Waals surface area (Å²) < 4.78 is 10.9. The summed E-state index contributed by atoms with van der Waals surface area (Å²) >= 11 is 0. The molecule has 0 amide bonds. The number of nitrogens with zero attached hydrogens (tertiary/aromatic N) is 2. The SMILES string of the molecule is CNc1nc(C(C)(C)OC)nc2c1COCC2. The number of rotatable bonds is 3. The highest BCUT2D eigenvalue weighted by Crippen LogP contribution is 2.27. The molecule has 0 aromatic carbocycles. The van der Waals surface area contributed by atoms with Crippen molar-refractivity contribution in [1.29, 1.82) is 0 Å². The smallest absolute Gasteiger partial charge is 0.162 e. The molecule has 94 valence electrons. The number of fused-ring (bicyclic) bond motifs is 1. The van der Waals surface area contributed by atoms with E-state index in [1.165, 1.54) is 0 Å². The molecule has 0 bridgehead atoms. The van der Waals surface area contributed by atoms with Gasteiger partial charge in [0.2, 0.25) is 0 Å². The van der Waals surface area contributed by atoms with Crippen LogP contribution >= 0.6 is 0 Å². The number of hydrogen-bond acceptors (Lipinski definition) is 5. The molecule has 0 saturated heterocycles. The van der Waals surface area contributed by atoms with Crippen molar-refractivity contribution in [3.05, 3.63) is 17.1 Å². The Morgan fingerprint density at radius 1 is 1.35 bits per heavy atom. The maximum atomic E-state index is 5.44. The van der Waals surface area contributed by atoms with E-state index in [-0.39, 0.29) is 0 Å². The van der Waals surface area contributed by atoms with Gasteiger partial charge in [-0.25, -0.2) is 9.97 Å². The highest BCUT2D eigenvalue weighted by Gasteiger charge is 2.27. The maximum absolute atomic E-state index is 5.44. The van der Waals surface area contributed by atoms with Crippen LogP contribution in [0.2, 0.25) is 0 Å². The zero-order valence-electron chi connectivity index (χ0n) is 10.8. The van der Waals surface area contributed by atoms with Crippen LogP contribution in [-0.2, 0) is 28.1 Å². The van der Waals surface area contributed by atoms with Crippen LogP contribution < -0.4 is 5.32 Å². The van der Waals surface area contributed by atoms with Crippen molar-refractivity contribution in [2.45, 2.75) is 32.5 Å². The zero-order chi connectivity index (χ0) is 12.5. The fourth-order valence-electron chi connectivity index (χ4n) is 1.80. The average Bonchev–Trinajstić information content (AvgIpc) is 2.37. The summed E-state index contributed by atoms with van der Waals surface area (Å²) in [6, 6.07) is 0.